The number of methoxy groups -OCH3 is 1. The number of ether oxygens (including phenoxy) is 1. The number of carbonyl (C=O) groups excluding carboxylic acids is 1. The summed E-state index contributed by atoms with van der Waals surface area (Å²) in [6.45, 7) is -0.119. The molecular formula is C16H12FN3O5. The highest BCUT2D eigenvalue weighted by molar-refractivity contribution is 5.90. The van der Waals surface area contributed by atoms with E-state index < -0.39 is 28.1 Å². The van der Waals surface area contributed by atoms with Crippen molar-refractivity contribution in [3.63, 3.8) is 0 Å². The highest BCUT2D eigenvalue weighted by atomic mass is 19.1. The Bertz CT molecular complexity index is 1050. The van der Waals surface area contributed by atoms with Crippen LogP contribution < -0.4 is 5.56 Å². The van der Waals surface area contributed by atoms with E-state index in [2.05, 4.69) is 0 Å². The van der Waals surface area contributed by atoms with E-state index in [1.165, 1.54) is 48.2 Å². The number of hydrogen-bond donors (Lipinski definition) is 0. The standard InChI is InChI=1S/C16H12FN3O5/c1-25-16(22)19-12(8-10-7-11(17)4-5-13(10)19)9-18-6-2-3-14(15(18)21)20(23)24/h2-8H,9H2,1H3. The average Bonchev–Trinajstić information content (AvgIpc) is 2.92. The molecule has 0 saturated heterocycles. The fourth-order valence-electron chi connectivity index (χ4n) is 2.63. The monoisotopic (exact) mass is 345 g/mol. The first-order chi connectivity index (χ1) is 11.9. The van der Waals surface area contributed by atoms with E-state index in [4.69, 9.17) is 4.74 Å². The van der Waals surface area contributed by atoms with Crippen LogP contribution in [-0.4, -0.2) is 27.3 Å². The molecule has 2 heterocycles. The van der Waals surface area contributed by atoms with Crippen molar-refractivity contribution in [2.45, 2.75) is 6.54 Å². The topological polar surface area (TPSA) is 96.4 Å². The number of nitrogens with zero attached hydrogens (tertiary/aromatic N) is 3. The van der Waals surface area contributed by atoms with Crippen molar-refractivity contribution >= 4 is 22.7 Å². The molecule has 0 bridgehead atoms. The van der Waals surface area contributed by atoms with Crippen LogP contribution in [0, 0.1) is 15.9 Å². The minimum atomic E-state index is -0.805. The molecule has 2 aromatic heterocycles. The van der Waals surface area contributed by atoms with Crippen molar-refractivity contribution < 1.29 is 18.8 Å². The molecule has 0 saturated carbocycles. The predicted octanol–water partition coefficient (Wildman–Crippen LogP) is 2.51. The first-order valence-corrected chi connectivity index (χ1v) is 7.14. The zero-order valence-electron chi connectivity index (χ0n) is 13.0. The molecule has 0 fully saturated rings. The lowest BCUT2D eigenvalue weighted by molar-refractivity contribution is -0.386. The lowest BCUT2D eigenvalue weighted by Crippen LogP contribution is -2.24. The third-order valence-electron chi connectivity index (χ3n) is 3.73. The second-order valence-corrected chi connectivity index (χ2v) is 5.23. The second kappa shape index (κ2) is 6.19. The van der Waals surface area contributed by atoms with E-state index in [1.807, 2.05) is 0 Å². The van der Waals surface area contributed by atoms with Gasteiger partial charge in [-0.3, -0.25) is 14.9 Å². The molecule has 0 amide bonds. The van der Waals surface area contributed by atoms with Crippen LogP contribution in [0.5, 0.6) is 0 Å². The highest BCUT2D eigenvalue weighted by Crippen LogP contribution is 2.22. The van der Waals surface area contributed by atoms with Crippen molar-refractivity contribution in [2.24, 2.45) is 0 Å². The summed E-state index contributed by atoms with van der Waals surface area (Å²) >= 11 is 0. The number of pyridine rings is 1. The second-order valence-electron chi connectivity index (χ2n) is 5.23. The van der Waals surface area contributed by atoms with Gasteiger partial charge >= 0.3 is 17.3 Å². The minimum absolute atomic E-state index is 0.119. The van der Waals surface area contributed by atoms with Gasteiger partial charge in [-0.2, -0.15) is 0 Å². The van der Waals surface area contributed by atoms with Gasteiger partial charge in [-0.1, -0.05) is 0 Å². The molecule has 0 aliphatic rings. The van der Waals surface area contributed by atoms with E-state index in [9.17, 15) is 24.1 Å². The summed E-state index contributed by atoms with van der Waals surface area (Å²) in [6, 6.07) is 7.86. The average molecular weight is 345 g/mol. The first-order valence-electron chi connectivity index (χ1n) is 7.14. The van der Waals surface area contributed by atoms with Crippen LogP contribution in [0.15, 0.2) is 47.4 Å². The van der Waals surface area contributed by atoms with Crippen LogP contribution in [0.2, 0.25) is 0 Å². The van der Waals surface area contributed by atoms with Crippen LogP contribution in [0.4, 0.5) is 14.9 Å². The van der Waals surface area contributed by atoms with Crippen molar-refractivity contribution in [3.05, 3.63) is 74.6 Å². The number of aromatic nitrogens is 2. The van der Waals surface area contributed by atoms with Crippen LogP contribution >= 0.6 is 0 Å². The summed E-state index contributed by atoms with van der Waals surface area (Å²) in [5.41, 5.74) is -0.647. The molecule has 3 rings (SSSR count). The van der Waals surface area contributed by atoms with E-state index in [1.54, 1.807) is 0 Å². The summed E-state index contributed by atoms with van der Waals surface area (Å²) in [4.78, 5) is 34.4. The largest absolute Gasteiger partial charge is 0.452 e. The molecule has 0 aliphatic heterocycles. The Balaban J connectivity index is 2.16. The fourth-order valence-corrected chi connectivity index (χ4v) is 2.63. The van der Waals surface area contributed by atoms with Crippen LogP contribution in [-0.2, 0) is 11.3 Å². The van der Waals surface area contributed by atoms with Crippen LogP contribution in [0.25, 0.3) is 10.9 Å². The number of nitro groups is 1. The van der Waals surface area contributed by atoms with Crippen molar-refractivity contribution in [1.82, 2.24) is 9.13 Å². The van der Waals surface area contributed by atoms with Crippen LogP contribution in [0.1, 0.15) is 5.69 Å². The molecule has 1 aromatic carbocycles. The molecule has 9 heteroatoms. The maximum atomic E-state index is 13.4. The van der Waals surface area contributed by atoms with E-state index in [0.29, 0.717) is 16.6 Å². The summed E-state index contributed by atoms with van der Waals surface area (Å²) in [5, 5.41) is 11.3. The van der Waals surface area contributed by atoms with E-state index in [0.717, 1.165) is 10.6 Å². The summed E-state index contributed by atoms with van der Waals surface area (Å²) in [6.07, 6.45) is 0.657. The Hall–Kier alpha value is -3.49. The molecule has 3 aromatic rings. The number of fused-ring (bicyclic) bond motifs is 1. The molecule has 0 spiro atoms. The molecule has 0 radical (unpaired) electrons. The third-order valence-corrected chi connectivity index (χ3v) is 3.73. The lowest BCUT2D eigenvalue weighted by atomic mass is 10.2. The lowest BCUT2D eigenvalue weighted by Gasteiger charge is -2.09. The zero-order chi connectivity index (χ0) is 18.1. The van der Waals surface area contributed by atoms with Crippen molar-refractivity contribution in [3.8, 4) is 0 Å². The van der Waals surface area contributed by atoms with Gasteiger partial charge in [-0.05, 0) is 30.3 Å². The zero-order valence-corrected chi connectivity index (χ0v) is 13.0. The Morgan fingerprint density at radius 2 is 2.08 bits per heavy atom. The molecule has 0 atom stereocenters. The number of hydrogen-bond acceptors (Lipinski definition) is 5. The van der Waals surface area contributed by atoms with E-state index >= 15 is 0 Å². The Morgan fingerprint density at radius 3 is 2.76 bits per heavy atom. The fraction of sp³-hybridized carbons (Fsp3) is 0.125. The number of halogens is 1. The molecule has 0 N–H and O–H groups in total. The Labute approximate surface area is 139 Å². The van der Waals surface area contributed by atoms with Crippen molar-refractivity contribution in [2.75, 3.05) is 7.11 Å². The summed E-state index contributed by atoms with van der Waals surface area (Å²) < 4.78 is 20.5. The van der Waals surface area contributed by atoms with Gasteiger partial charge in [-0.15, -0.1) is 0 Å². The SMILES string of the molecule is COC(=O)n1c(Cn2cccc([N+](=O)[O-])c2=O)cc2cc(F)ccc21. The van der Waals surface area contributed by atoms with Gasteiger partial charge in [0.25, 0.3) is 0 Å². The first kappa shape index (κ1) is 16.4. The molecule has 0 unspecified atom stereocenters. The maximum absolute atomic E-state index is 13.4. The van der Waals surface area contributed by atoms with Gasteiger partial charge in [0, 0.05) is 17.6 Å². The smallest absolute Gasteiger partial charge is 0.418 e. The molecule has 0 aliphatic carbocycles. The molecular weight excluding hydrogens is 333 g/mol. The van der Waals surface area contributed by atoms with Gasteiger partial charge in [0.05, 0.1) is 29.8 Å². The normalized spacial score (nSPS) is 10.8. The third kappa shape index (κ3) is 2.87. The van der Waals surface area contributed by atoms with E-state index in [-0.39, 0.29) is 6.54 Å². The predicted molar refractivity (Wildman–Crippen MR) is 86.2 cm³/mol. The van der Waals surface area contributed by atoms with Gasteiger partial charge in [0.2, 0.25) is 0 Å². The Kier molecular flexibility index (Phi) is 4.05. The Morgan fingerprint density at radius 1 is 1.32 bits per heavy atom. The molecule has 8 nitrogen and oxygen atoms in total. The van der Waals surface area contributed by atoms with Crippen LogP contribution in [0.3, 0.4) is 0 Å². The van der Waals surface area contributed by atoms with Gasteiger partial charge in [0.1, 0.15) is 5.82 Å². The molecule has 128 valence electrons. The minimum Gasteiger partial charge on any atom is -0.452 e. The van der Waals surface area contributed by atoms with Gasteiger partial charge in [0.15, 0.2) is 0 Å². The quantitative estimate of drug-likeness (QED) is 0.537. The van der Waals surface area contributed by atoms with Gasteiger partial charge in [-0.25, -0.2) is 13.8 Å². The summed E-state index contributed by atoms with van der Waals surface area (Å²) in [5.74, 6) is -0.478. The molecule has 25 heavy (non-hydrogen) atoms. The summed E-state index contributed by atoms with van der Waals surface area (Å²) in [7, 11) is 1.20. The highest BCUT2D eigenvalue weighted by Gasteiger charge is 2.19. The van der Waals surface area contributed by atoms with Crippen molar-refractivity contribution in [1.29, 1.82) is 0 Å². The number of benzene rings is 1. The van der Waals surface area contributed by atoms with Gasteiger partial charge < -0.3 is 9.30 Å². The number of carbonyl (C=O) groups is 1. The maximum Gasteiger partial charge on any atom is 0.418 e. The number of rotatable bonds is 3.